The lowest BCUT2D eigenvalue weighted by molar-refractivity contribution is -0.0440. The summed E-state index contributed by atoms with van der Waals surface area (Å²) < 4.78 is 32.9. The van der Waals surface area contributed by atoms with Crippen molar-refractivity contribution in [2.24, 2.45) is 0 Å². The number of sulfonamides is 1. The van der Waals surface area contributed by atoms with Gasteiger partial charge in [0.2, 0.25) is 10.0 Å². The summed E-state index contributed by atoms with van der Waals surface area (Å²) in [5.41, 5.74) is 0.343. The van der Waals surface area contributed by atoms with E-state index in [4.69, 9.17) is 4.74 Å². The molecule has 2 unspecified atom stereocenters. The molecule has 1 amide bonds. The smallest absolute Gasteiger partial charge is 0.251 e. The van der Waals surface area contributed by atoms with Crippen molar-refractivity contribution in [3.8, 4) is 0 Å². The van der Waals surface area contributed by atoms with Crippen LogP contribution >= 0.6 is 12.4 Å². The van der Waals surface area contributed by atoms with Crippen LogP contribution in [0.15, 0.2) is 29.2 Å². The lowest BCUT2D eigenvalue weighted by atomic mass is 10.2. The number of hydrogen-bond acceptors (Lipinski definition) is 5. The van der Waals surface area contributed by atoms with Crippen molar-refractivity contribution < 1.29 is 17.9 Å². The van der Waals surface area contributed by atoms with Crippen LogP contribution in [0.2, 0.25) is 0 Å². The zero-order valence-corrected chi connectivity index (χ0v) is 17.7. The number of nitrogens with zero attached hydrogens (tertiary/aromatic N) is 1. The number of amides is 1. The highest BCUT2D eigenvalue weighted by molar-refractivity contribution is 7.89. The molecule has 0 aromatic heterocycles. The molecule has 2 N–H and O–H groups in total. The van der Waals surface area contributed by atoms with Crippen molar-refractivity contribution in [3.63, 3.8) is 0 Å². The quantitative estimate of drug-likeness (QED) is 0.625. The first-order valence-corrected chi connectivity index (χ1v) is 10.5. The minimum atomic E-state index is -3.66. The maximum absolute atomic E-state index is 12.9. The van der Waals surface area contributed by atoms with E-state index in [-0.39, 0.29) is 35.4 Å². The number of rotatable bonds is 8. The molecule has 154 valence electrons. The third kappa shape index (κ3) is 6.73. The van der Waals surface area contributed by atoms with Gasteiger partial charge in [0.1, 0.15) is 0 Å². The Morgan fingerprint density at radius 2 is 1.85 bits per heavy atom. The predicted octanol–water partition coefficient (Wildman–Crippen LogP) is 1.64. The molecule has 1 heterocycles. The van der Waals surface area contributed by atoms with E-state index in [9.17, 15) is 13.2 Å². The van der Waals surface area contributed by atoms with Crippen molar-refractivity contribution in [3.05, 3.63) is 29.8 Å². The summed E-state index contributed by atoms with van der Waals surface area (Å²) in [6.07, 6.45) is 0.721. The van der Waals surface area contributed by atoms with E-state index < -0.39 is 10.0 Å². The molecule has 0 aliphatic carbocycles. The molecule has 27 heavy (non-hydrogen) atoms. The average Bonchev–Trinajstić information content (AvgIpc) is 2.60. The Kier molecular flexibility index (Phi) is 9.69. The molecule has 7 nitrogen and oxygen atoms in total. The normalized spacial score (nSPS) is 20.7. The standard InChI is InChI=1S/C18H29N3O4S.ClH/c1-4-8-19-9-10-20-18(22)16-6-5-7-17(11-16)26(23,24)21-12-14(2)25-15(3)13-21;/h5-7,11,14-15,19H,4,8-10,12-13H2,1-3H3,(H,20,22);1H. The van der Waals surface area contributed by atoms with Gasteiger partial charge < -0.3 is 15.4 Å². The van der Waals surface area contributed by atoms with Gasteiger partial charge >= 0.3 is 0 Å². The zero-order chi connectivity index (χ0) is 19.2. The van der Waals surface area contributed by atoms with E-state index >= 15 is 0 Å². The van der Waals surface area contributed by atoms with Crippen LogP contribution < -0.4 is 10.6 Å². The van der Waals surface area contributed by atoms with Crippen LogP contribution in [0.5, 0.6) is 0 Å². The highest BCUT2D eigenvalue weighted by Crippen LogP contribution is 2.21. The van der Waals surface area contributed by atoms with Crippen LogP contribution in [0.3, 0.4) is 0 Å². The van der Waals surface area contributed by atoms with Crippen LogP contribution in [0.25, 0.3) is 0 Å². The number of carbonyl (C=O) groups excluding carboxylic acids is 1. The molecule has 1 aliphatic heterocycles. The summed E-state index contributed by atoms with van der Waals surface area (Å²) >= 11 is 0. The van der Waals surface area contributed by atoms with E-state index in [1.165, 1.54) is 16.4 Å². The molecule has 0 saturated carbocycles. The lowest BCUT2D eigenvalue weighted by Gasteiger charge is -2.34. The predicted molar refractivity (Wildman–Crippen MR) is 108 cm³/mol. The molecule has 0 radical (unpaired) electrons. The van der Waals surface area contributed by atoms with Gasteiger partial charge in [0.05, 0.1) is 17.1 Å². The van der Waals surface area contributed by atoms with E-state index in [0.29, 0.717) is 31.7 Å². The van der Waals surface area contributed by atoms with Crippen molar-refractivity contribution in [1.82, 2.24) is 14.9 Å². The summed E-state index contributed by atoms with van der Waals surface area (Å²) in [6, 6.07) is 6.19. The zero-order valence-electron chi connectivity index (χ0n) is 16.1. The first kappa shape index (κ1) is 23.8. The molecular formula is C18H30ClN3O4S. The molecule has 1 fully saturated rings. The fourth-order valence-electron chi connectivity index (χ4n) is 2.94. The van der Waals surface area contributed by atoms with Crippen LogP contribution in [0.4, 0.5) is 0 Å². The Labute approximate surface area is 168 Å². The Morgan fingerprint density at radius 1 is 1.19 bits per heavy atom. The SMILES string of the molecule is CCCNCCNC(=O)c1cccc(S(=O)(=O)N2CC(C)OC(C)C2)c1.Cl. The molecule has 2 rings (SSSR count). The highest BCUT2D eigenvalue weighted by atomic mass is 35.5. The average molecular weight is 420 g/mol. The second-order valence-electron chi connectivity index (χ2n) is 6.61. The van der Waals surface area contributed by atoms with E-state index in [1.54, 1.807) is 12.1 Å². The van der Waals surface area contributed by atoms with E-state index in [1.807, 2.05) is 13.8 Å². The van der Waals surface area contributed by atoms with Crippen molar-refractivity contribution in [1.29, 1.82) is 0 Å². The summed E-state index contributed by atoms with van der Waals surface area (Å²) in [4.78, 5) is 12.4. The molecule has 2 atom stereocenters. The summed E-state index contributed by atoms with van der Waals surface area (Å²) in [7, 11) is -3.66. The maximum atomic E-state index is 12.9. The van der Waals surface area contributed by atoms with Crippen molar-refractivity contribution >= 4 is 28.3 Å². The Balaban J connectivity index is 0.00000364. The molecule has 1 saturated heterocycles. The first-order chi connectivity index (χ1) is 12.3. The van der Waals surface area contributed by atoms with Gasteiger partial charge in [-0.05, 0) is 45.0 Å². The van der Waals surface area contributed by atoms with Gasteiger partial charge in [-0.3, -0.25) is 4.79 Å². The fraction of sp³-hybridized carbons (Fsp3) is 0.611. The van der Waals surface area contributed by atoms with Gasteiger partial charge in [0, 0.05) is 31.7 Å². The largest absolute Gasteiger partial charge is 0.373 e. The van der Waals surface area contributed by atoms with E-state index in [0.717, 1.165) is 13.0 Å². The lowest BCUT2D eigenvalue weighted by Crippen LogP contribution is -2.48. The van der Waals surface area contributed by atoms with Gasteiger partial charge in [-0.1, -0.05) is 13.0 Å². The number of carbonyl (C=O) groups is 1. The number of benzene rings is 1. The number of ether oxygens (including phenoxy) is 1. The maximum Gasteiger partial charge on any atom is 0.251 e. The number of hydrogen-bond donors (Lipinski definition) is 2. The molecule has 9 heteroatoms. The Morgan fingerprint density at radius 3 is 2.48 bits per heavy atom. The van der Waals surface area contributed by atoms with Crippen LogP contribution in [-0.2, 0) is 14.8 Å². The third-order valence-corrected chi connectivity index (χ3v) is 5.96. The Hall–Kier alpha value is -1.19. The minimum absolute atomic E-state index is 0. The van der Waals surface area contributed by atoms with Crippen molar-refractivity contribution in [2.75, 3.05) is 32.7 Å². The molecule has 0 bridgehead atoms. The third-order valence-electron chi connectivity index (χ3n) is 4.13. The van der Waals surface area contributed by atoms with Gasteiger partial charge in [0.15, 0.2) is 0 Å². The second kappa shape index (κ2) is 11.0. The molecular weight excluding hydrogens is 390 g/mol. The fourth-order valence-corrected chi connectivity index (χ4v) is 4.58. The second-order valence-corrected chi connectivity index (χ2v) is 8.55. The van der Waals surface area contributed by atoms with Gasteiger partial charge in [-0.2, -0.15) is 4.31 Å². The molecule has 1 aromatic rings. The number of halogens is 1. The molecule has 1 aromatic carbocycles. The summed E-state index contributed by atoms with van der Waals surface area (Å²) in [6.45, 7) is 8.49. The van der Waals surface area contributed by atoms with Gasteiger partial charge in [-0.15, -0.1) is 12.4 Å². The van der Waals surface area contributed by atoms with Crippen LogP contribution in [-0.4, -0.2) is 63.6 Å². The topological polar surface area (TPSA) is 87.7 Å². The highest BCUT2D eigenvalue weighted by Gasteiger charge is 2.32. The summed E-state index contributed by atoms with van der Waals surface area (Å²) in [5.74, 6) is -0.274. The summed E-state index contributed by atoms with van der Waals surface area (Å²) in [5, 5.41) is 6.00. The van der Waals surface area contributed by atoms with Gasteiger partial charge in [-0.25, -0.2) is 8.42 Å². The van der Waals surface area contributed by atoms with Crippen LogP contribution in [0, 0.1) is 0 Å². The minimum Gasteiger partial charge on any atom is -0.373 e. The van der Waals surface area contributed by atoms with Crippen LogP contribution in [0.1, 0.15) is 37.6 Å². The van der Waals surface area contributed by atoms with E-state index in [2.05, 4.69) is 17.6 Å². The first-order valence-electron chi connectivity index (χ1n) is 9.09. The molecule has 0 spiro atoms. The Bertz CT molecular complexity index is 704. The van der Waals surface area contributed by atoms with Crippen molar-refractivity contribution in [2.45, 2.75) is 44.3 Å². The molecule has 1 aliphatic rings. The van der Waals surface area contributed by atoms with Gasteiger partial charge in [0.25, 0.3) is 5.91 Å². The monoisotopic (exact) mass is 419 g/mol. The number of nitrogens with one attached hydrogen (secondary N) is 2. The number of morpholine rings is 1.